The summed E-state index contributed by atoms with van der Waals surface area (Å²) in [7, 11) is 0. The van der Waals surface area contributed by atoms with Crippen LogP contribution in [0.5, 0.6) is 17.2 Å². The molecule has 0 aliphatic carbocycles. The van der Waals surface area contributed by atoms with Gasteiger partial charge in [-0.15, -0.1) is 0 Å². The lowest BCUT2D eigenvalue weighted by molar-refractivity contribution is -0.250. The predicted molar refractivity (Wildman–Crippen MR) is 93.7 cm³/mol. The Hall–Kier alpha value is -3.11. The van der Waals surface area contributed by atoms with Crippen molar-refractivity contribution in [3.63, 3.8) is 0 Å². The smallest absolute Gasteiger partial charge is 0.411 e. The van der Waals surface area contributed by atoms with Gasteiger partial charge < -0.3 is 25.8 Å². The number of nitrogens with one attached hydrogen (secondary N) is 2. The average molecular weight is 361 g/mol. The van der Waals surface area contributed by atoms with Crippen LogP contribution >= 0.6 is 0 Å². The van der Waals surface area contributed by atoms with Crippen LogP contribution in [-0.2, 0) is 6.54 Å². The van der Waals surface area contributed by atoms with Gasteiger partial charge in [-0.25, -0.2) is 9.59 Å². The van der Waals surface area contributed by atoms with Crippen molar-refractivity contribution in [1.82, 2.24) is 14.9 Å². The molecule has 138 valence electrons. The van der Waals surface area contributed by atoms with Crippen LogP contribution in [0.25, 0.3) is 0 Å². The van der Waals surface area contributed by atoms with Crippen LogP contribution in [0, 0.1) is 0 Å². The number of carbonyl (C=O) groups excluding carboxylic acids is 1. The molecule has 1 aliphatic heterocycles. The standard InChI is InChI=1S/C16H20N6O4/c17-5-2-7-22-9-12-14(21-16(22)24)20-13-10(3-1-4-11(13)26-12)25-8-6-19-15(18)23/h1,3-4,9H,2,5-8,17H2,(H3,18,19,23)(H,20,21,24)/p+1. The third kappa shape index (κ3) is 3.92. The van der Waals surface area contributed by atoms with Crippen molar-refractivity contribution in [1.29, 1.82) is 0 Å². The van der Waals surface area contributed by atoms with Crippen molar-refractivity contribution in [3.8, 4) is 17.2 Å². The van der Waals surface area contributed by atoms with Gasteiger partial charge in [0.05, 0.1) is 12.7 Å². The molecular weight excluding hydrogens is 340 g/mol. The molecule has 0 saturated carbocycles. The number of aromatic nitrogens is 2. The topological polar surface area (TPSA) is 148 Å². The second-order valence-corrected chi connectivity index (χ2v) is 5.63. The molecule has 0 saturated heterocycles. The summed E-state index contributed by atoms with van der Waals surface area (Å²) in [6.07, 6.45) is 2.29. The quantitative estimate of drug-likeness (QED) is 0.425. The molecule has 0 spiro atoms. The lowest BCUT2D eigenvalue weighted by Crippen LogP contribution is -2.63. The normalized spacial score (nSPS) is 11.6. The molecular formula is C16H21N6O4+. The Labute approximate surface area is 149 Å². The molecule has 1 aliphatic rings. The maximum absolute atomic E-state index is 12.1. The van der Waals surface area contributed by atoms with Crippen LogP contribution in [0.15, 0.2) is 29.2 Å². The molecule has 0 atom stereocenters. The Bertz CT molecular complexity index is 866. The van der Waals surface area contributed by atoms with E-state index in [1.807, 2.05) is 0 Å². The molecule has 0 unspecified atom stereocenters. The zero-order chi connectivity index (χ0) is 18.5. The number of aryl methyl sites for hydroxylation is 1. The fourth-order valence-corrected chi connectivity index (χ4v) is 2.49. The van der Waals surface area contributed by atoms with Gasteiger partial charge in [-0.1, -0.05) is 6.07 Å². The maximum atomic E-state index is 12.1. The summed E-state index contributed by atoms with van der Waals surface area (Å²) >= 11 is 0. The van der Waals surface area contributed by atoms with E-state index in [9.17, 15) is 9.59 Å². The number of nitrogens with zero attached hydrogens (tertiary/aromatic N) is 2. The summed E-state index contributed by atoms with van der Waals surface area (Å²) in [6.45, 7) is 1.56. The number of carbonyl (C=O) groups is 1. The highest BCUT2D eigenvalue weighted by Gasteiger charge is 2.22. The minimum absolute atomic E-state index is 0.264. The Morgan fingerprint density at radius 3 is 3.04 bits per heavy atom. The Morgan fingerprint density at radius 2 is 2.27 bits per heavy atom. The fourth-order valence-electron chi connectivity index (χ4n) is 2.49. The van der Waals surface area contributed by atoms with Crippen molar-refractivity contribution in [2.45, 2.75) is 13.0 Å². The highest BCUT2D eigenvalue weighted by Crippen LogP contribution is 2.44. The van der Waals surface area contributed by atoms with Crippen molar-refractivity contribution >= 4 is 17.5 Å². The highest BCUT2D eigenvalue weighted by molar-refractivity contribution is 5.77. The monoisotopic (exact) mass is 361 g/mol. The van der Waals surface area contributed by atoms with Gasteiger partial charge in [-0.3, -0.25) is 10.3 Å². The second-order valence-electron chi connectivity index (χ2n) is 5.63. The van der Waals surface area contributed by atoms with Crippen LogP contribution in [0.3, 0.4) is 0 Å². The average Bonchev–Trinajstić information content (AvgIpc) is 2.62. The van der Waals surface area contributed by atoms with Crippen molar-refractivity contribution in [3.05, 3.63) is 34.9 Å². The number of benzene rings is 1. The molecule has 10 nitrogen and oxygen atoms in total. The molecule has 0 fully saturated rings. The Balaban J connectivity index is 1.78. The van der Waals surface area contributed by atoms with Crippen molar-refractivity contribution in [2.75, 3.05) is 25.0 Å². The van der Waals surface area contributed by atoms with E-state index in [1.54, 1.807) is 24.4 Å². The molecule has 7 N–H and O–H groups in total. The summed E-state index contributed by atoms with van der Waals surface area (Å²) in [5.41, 5.74) is 8.91. The molecule has 2 amide bonds. The van der Waals surface area contributed by atoms with E-state index >= 15 is 0 Å². The van der Waals surface area contributed by atoms with Crippen LogP contribution in [0.1, 0.15) is 6.42 Å². The van der Waals surface area contributed by atoms with E-state index in [0.29, 0.717) is 54.8 Å². The third-order valence-electron chi connectivity index (χ3n) is 3.70. The lowest BCUT2D eigenvalue weighted by atomic mass is 10.2. The van der Waals surface area contributed by atoms with E-state index in [1.165, 1.54) is 4.57 Å². The number of anilines is 2. The molecule has 1 aromatic heterocycles. The van der Waals surface area contributed by atoms with Crippen molar-refractivity contribution in [2.24, 2.45) is 5.73 Å². The number of rotatable bonds is 7. The van der Waals surface area contributed by atoms with E-state index in [-0.39, 0.29) is 18.3 Å². The van der Waals surface area contributed by atoms with Gasteiger partial charge in [0.1, 0.15) is 18.0 Å². The third-order valence-corrected chi connectivity index (χ3v) is 3.70. The summed E-state index contributed by atoms with van der Waals surface area (Å²) in [5, 5.41) is 5.63. The van der Waals surface area contributed by atoms with Crippen LogP contribution in [0.4, 0.5) is 16.3 Å². The molecule has 0 radical (unpaired) electrons. The summed E-state index contributed by atoms with van der Waals surface area (Å²) < 4.78 is 13.0. The number of nitrogens with two attached hydrogens (primary N) is 1. The van der Waals surface area contributed by atoms with Gasteiger partial charge in [0.2, 0.25) is 0 Å². The van der Waals surface area contributed by atoms with Gasteiger partial charge in [-0.05, 0) is 25.1 Å². The minimum atomic E-state index is -0.381. The number of amides is 2. The number of hydrogen-bond acceptors (Lipinski definition) is 7. The first-order valence-electron chi connectivity index (χ1n) is 8.20. The summed E-state index contributed by atoms with van der Waals surface area (Å²) in [6, 6.07) is 4.97. The van der Waals surface area contributed by atoms with Gasteiger partial charge in [0, 0.05) is 6.54 Å². The Morgan fingerprint density at radius 1 is 1.42 bits per heavy atom. The number of hydrogen-bond donors (Lipinski definition) is 4. The number of urea groups is 1. The molecule has 0 bridgehead atoms. The Kier molecular flexibility index (Phi) is 5.34. The summed E-state index contributed by atoms with van der Waals surface area (Å²) in [4.78, 5) is 26.9. The van der Waals surface area contributed by atoms with E-state index in [4.69, 9.17) is 15.2 Å². The number of fused-ring (bicyclic) bond motifs is 2. The zero-order valence-electron chi connectivity index (χ0n) is 14.2. The zero-order valence-corrected chi connectivity index (χ0v) is 14.2. The second kappa shape index (κ2) is 7.85. The largest absolute Gasteiger partial charge is 0.489 e. The first kappa shape index (κ1) is 17.7. The van der Waals surface area contributed by atoms with Crippen LogP contribution in [0.2, 0.25) is 0 Å². The first-order valence-corrected chi connectivity index (χ1v) is 8.20. The van der Waals surface area contributed by atoms with Gasteiger partial charge >= 0.3 is 11.7 Å². The molecule has 26 heavy (non-hydrogen) atoms. The van der Waals surface area contributed by atoms with Crippen LogP contribution < -0.4 is 37.3 Å². The van der Waals surface area contributed by atoms with Gasteiger partial charge in [0.25, 0.3) is 0 Å². The number of ether oxygens (including phenoxy) is 2. The SMILES string of the molecule is NCCCn1cc2c(nc1=O)Nc1c(OCCNC([NH3+])=O)cccc1O2. The van der Waals surface area contributed by atoms with Crippen molar-refractivity contribution < 1.29 is 20.0 Å². The molecule has 2 heterocycles. The number of para-hydroxylation sites is 1. The van der Waals surface area contributed by atoms with E-state index in [2.05, 4.69) is 21.4 Å². The molecule has 3 rings (SSSR count). The molecule has 1 aromatic carbocycles. The van der Waals surface area contributed by atoms with Gasteiger partial charge in [0.15, 0.2) is 17.3 Å². The maximum Gasteiger partial charge on any atom is 0.411 e. The fraction of sp³-hybridized carbons (Fsp3) is 0.312. The highest BCUT2D eigenvalue weighted by atomic mass is 16.5. The van der Waals surface area contributed by atoms with E-state index in [0.717, 1.165) is 0 Å². The molecule has 2 aromatic rings. The molecule has 10 heteroatoms. The number of quaternary nitrogens is 1. The summed E-state index contributed by atoms with van der Waals surface area (Å²) in [5.74, 6) is 1.87. The van der Waals surface area contributed by atoms with Gasteiger partial charge in [-0.2, -0.15) is 4.98 Å². The predicted octanol–water partition coefficient (Wildman–Crippen LogP) is -0.228. The van der Waals surface area contributed by atoms with Crippen LogP contribution in [-0.4, -0.2) is 35.3 Å². The lowest BCUT2D eigenvalue weighted by Gasteiger charge is -2.23. The minimum Gasteiger partial charge on any atom is -0.489 e. The first-order chi connectivity index (χ1) is 12.6. The van der Waals surface area contributed by atoms with E-state index < -0.39 is 0 Å².